The fourth-order valence-electron chi connectivity index (χ4n) is 0.893. The summed E-state index contributed by atoms with van der Waals surface area (Å²) in [7, 11) is 0. The lowest BCUT2D eigenvalue weighted by atomic mass is 10.3. The van der Waals surface area contributed by atoms with E-state index in [1.54, 1.807) is 0 Å². The molecule has 1 heterocycles. The minimum absolute atomic E-state index is 0.778. The van der Waals surface area contributed by atoms with Gasteiger partial charge in [0.25, 0.3) is 0 Å². The van der Waals surface area contributed by atoms with Crippen LogP contribution in [0.5, 0.6) is 0 Å². The Labute approximate surface area is 78.5 Å². The summed E-state index contributed by atoms with van der Waals surface area (Å²) < 4.78 is 9.89. The van der Waals surface area contributed by atoms with Crippen LogP contribution in [0.25, 0.3) is 0 Å². The van der Waals surface area contributed by atoms with Crippen LogP contribution in [0.3, 0.4) is 0 Å². The predicted molar refractivity (Wildman–Crippen MR) is 52.5 cm³/mol. The third kappa shape index (κ3) is 5.22. The number of nitrogens with two attached hydrogens (primary N) is 1. The molecule has 1 aliphatic rings. The fourth-order valence-corrected chi connectivity index (χ4v) is 0.893. The SMILES string of the molecule is C1COCCO1.Nc1ccccc1. The van der Waals surface area contributed by atoms with Gasteiger partial charge in [-0.1, -0.05) is 18.2 Å². The summed E-state index contributed by atoms with van der Waals surface area (Å²) in [5.74, 6) is 0. The highest BCUT2D eigenvalue weighted by Crippen LogP contribution is 1.95. The van der Waals surface area contributed by atoms with Gasteiger partial charge in [0.15, 0.2) is 0 Å². The molecular formula is C10H15NO2. The molecule has 0 unspecified atom stereocenters. The summed E-state index contributed by atoms with van der Waals surface area (Å²) >= 11 is 0. The molecule has 2 N–H and O–H groups in total. The van der Waals surface area contributed by atoms with Crippen molar-refractivity contribution in [2.24, 2.45) is 0 Å². The maximum atomic E-state index is 5.36. The molecule has 0 radical (unpaired) electrons. The van der Waals surface area contributed by atoms with Gasteiger partial charge in [0.05, 0.1) is 26.4 Å². The highest BCUT2D eigenvalue weighted by molar-refractivity contribution is 5.35. The van der Waals surface area contributed by atoms with E-state index < -0.39 is 0 Å². The number of hydrogen-bond acceptors (Lipinski definition) is 3. The van der Waals surface area contributed by atoms with E-state index in [9.17, 15) is 0 Å². The van der Waals surface area contributed by atoms with E-state index in [0.717, 1.165) is 32.1 Å². The molecule has 1 aliphatic heterocycles. The number of benzene rings is 1. The average molecular weight is 181 g/mol. The summed E-state index contributed by atoms with van der Waals surface area (Å²) in [4.78, 5) is 0. The molecule has 0 aliphatic carbocycles. The van der Waals surface area contributed by atoms with Gasteiger partial charge < -0.3 is 15.2 Å². The molecule has 3 heteroatoms. The number of anilines is 1. The highest BCUT2D eigenvalue weighted by Gasteiger charge is 1.94. The van der Waals surface area contributed by atoms with Crippen LogP contribution in [0.15, 0.2) is 30.3 Å². The molecular weight excluding hydrogens is 166 g/mol. The fraction of sp³-hybridized carbons (Fsp3) is 0.400. The zero-order chi connectivity index (χ0) is 9.36. The Balaban J connectivity index is 0.000000132. The van der Waals surface area contributed by atoms with Crippen molar-refractivity contribution in [3.8, 4) is 0 Å². The van der Waals surface area contributed by atoms with Gasteiger partial charge in [-0.05, 0) is 12.1 Å². The van der Waals surface area contributed by atoms with Gasteiger partial charge in [-0.25, -0.2) is 0 Å². The number of ether oxygens (including phenoxy) is 2. The zero-order valence-corrected chi connectivity index (χ0v) is 7.61. The van der Waals surface area contributed by atoms with E-state index in [0.29, 0.717) is 0 Å². The van der Waals surface area contributed by atoms with E-state index >= 15 is 0 Å². The van der Waals surface area contributed by atoms with E-state index in [-0.39, 0.29) is 0 Å². The molecule has 1 fully saturated rings. The van der Waals surface area contributed by atoms with Crippen molar-refractivity contribution < 1.29 is 9.47 Å². The topological polar surface area (TPSA) is 44.5 Å². The first-order chi connectivity index (χ1) is 6.39. The predicted octanol–water partition coefficient (Wildman–Crippen LogP) is 1.30. The number of nitrogen functional groups attached to an aromatic ring is 1. The quantitative estimate of drug-likeness (QED) is 0.613. The molecule has 0 aromatic heterocycles. The Hall–Kier alpha value is -1.06. The number of rotatable bonds is 0. The molecule has 0 saturated carbocycles. The van der Waals surface area contributed by atoms with Crippen molar-refractivity contribution in [1.29, 1.82) is 0 Å². The Bertz CT molecular complexity index is 198. The van der Waals surface area contributed by atoms with E-state index in [4.69, 9.17) is 15.2 Å². The Morgan fingerprint density at radius 3 is 1.54 bits per heavy atom. The van der Waals surface area contributed by atoms with Crippen LogP contribution < -0.4 is 5.73 Å². The van der Waals surface area contributed by atoms with Gasteiger partial charge in [0.2, 0.25) is 0 Å². The maximum absolute atomic E-state index is 5.36. The van der Waals surface area contributed by atoms with Crippen LogP contribution in [0.4, 0.5) is 5.69 Å². The van der Waals surface area contributed by atoms with Gasteiger partial charge in [-0.3, -0.25) is 0 Å². The molecule has 1 saturated heterocycles. The molecule has 0 bridgehead atoms. The van der Waals surface area contributed by atoms with Crippen molar-refractivity contribution >= 4 is 5.69 Å². The monoisotopic (exact) mass is 181 g/mol. The summed E-state index contributed by atoms with van der Waals surface area (Å²) in [6, 6.07) is 9.49. The molecule has 0 spiro atoms. The van der Waals surface area contributed by atoms with Crippen LogP contribution in [0.1, 0.15) is 0 Å². The normalized spacial score (nSPS) is 15.7. The van der Waals surface area contributed by atoms with Gasteiger partial charge in [0, 0.05) is 5.69 Å². The van der Waals surface area contributed by atoms with E-state index in [2.05, 4.69) is 0 Å². The smallest absolute Gasteiger partial charge is 0.0701 e. The van der Waals surface area contributed by atoms with Crippen molar-refractivity contribution in [2.45, 2.75) is 0 Å². The first-order valence-corrected chi connectivity index (χ1v) is 4.35. The van der Waals surface area contributed by atoms with Gasteiger partial charge in [-0.2, -0.15) is 0 Å². The Kier molecular flexibility index (Phi) is 4.98. The number of para-hydroxylation sites is 1. The summed E-state index contributed by atoms with van der Waals surface area (Å²) in [6.45, 7) is 3.11. The molecule has 0 amide bonds. The van der Waals surface area contributed by atoms with Crippen LogP contribution >= 0.6 is 0 Å². The van der Waals surface area contributed by atoms with Gasteiger partial charge in [0.1, 0.15) is 0 Å². The van der Waals surface area contributed by atoms with E-state index in [1.165, 1.54) is 0 Å². The molecule has 72 valence electrons. The van der Waals surface area contributed by atoms with Crippen LogP contribution in [0, 0.1) is 0 Å². The van der Waals surface area contributed by atoms with Gasteiger partial charge in [-0.15, -0.1) is 0 Å². The Morgan fingerprint density at radius 1 is 0.846 bits per heavy atom. The lowest BCUT2D eigenvalue weighted by Gasteiger charge is -2.09. The second-order valence-electron chi connectivity index (χ2n) is 2.64. The highest BCUT2D eigenvalue weighted by atomic mass is 16.6. The largest absolute Gasteiger partial charge is 0.399 e. The molecule has 13 heavy (non-hydrogen) atoms. The Morgan fingerprint density at radius 2 is 1.31 bits per heavy atom. The maximum Gasteiger partial charge on any atom is 0.0701 e. The van der Waals surface area contributed by atoms with Crippen molar-refractivity contribution in [2.75, 3.05) is 32.2 Å². The van der Waals surface area contributed by atoms with Crippen molar-refractivity contribution in [1.82, 2.24) is 0 Å². The third-order valence-corrected chi connectivity index (χ3v) is 1.54. The minimum atomic E-state index is 0.778. The van der Waals surface area contributed by atoms with Crippen LogP contribution in [-0.4, -0.2) is 26.4 Å². The number of hydrogen-bond donors (Lipinski definition) is 1. The first-order valence-electron chi connectivity index (χ1n) is 4.35. The van der Waals surface area contributed by atoms with Crippen molar-refractivity contribution in [3.05, 3.63) is 30.3 Å². The van der Waals surface area contributed by atoms with Gasteiger partial charge >= 0.3 is 0 Å². The summed E-state index contributed by atoms with van der Waals surface area (Å²) in [6.07, 6.45) is 0. The van der Waals surface area contributed by atoms with Crippen LogP contribution in [-0.2, 0) is 9.47 Å². The molecule has 3 nitrogen and oxygen atoms in total. The lowest BCUT2D eigenvalue weighted by Crippen LogP contribution is -2.16. The summed E-state index contributed by atoms with van der Waals surface area (Å²) in [5.41, 5.74) is 6.18. The molecule has 1 aromatic carbocycles. The zero-order valence-electron chi connectivity index (χ0n) is 7.61. The standard InChI is InChI=1S/C6H7N.C4H8O2/c7-6-4-2-1-3-5-6;1-2-6-4-3-5-1/h1-5H,7H2;1-4H2. The first kappa shape index (κ1) is 10.0. The third-order valence-electron chi connectivity index (χ3n) is 1.54. The lowest BCUT2D eigenvalue weighted by molar-refractivity contribution is -0.0334. The second kappa shape index (κ2) is 6.46. The minimum Gasteiger partial charge on any atom is -0.399 e. The molecule has 0 atom stereocenters. The van der Waals surface area contributed by atoms with Crippen LogP contribution in [0.2, 0.25) is 0 Å². The molecule has 1 aromatic rings. The average Bonchev–Trinajstić information content (AvgIpc) is 2.22. The molecule has 2 rings (SSSR count). The van der Waals surface area contributed by atoms with Crippen molar-refractivity contribution in [3.63, 3.8) is 0 Å². The summed E-state index contributed by atoms with van der Waals surface area (Å²) in [5, 5.41) is 0. The second-order valence-corrected chi connectivity index (χ2v) is 2.64. The van der Waals surface area contributed by atoms with E-state index in [1.807, 2.05) is 30.3 Å².